The summed E-state index contributed by atoms with van der Waals surface area (Å²) in [7, 11) is 1.39. The maximum Gasteiger partial charge on any atom is 0.255 e. The van der Waals surface area contributed by atoms with Crippen molar-refractivity contribution in [3.63, 3.8) is 0 Å². The average Bonchev–Trinajstić information content (AvgIpc) is 3.26. The largest absolute Gasteiger partial charge is 0.507 e. The smallest absolute Gasteiger partial charge is 0.255 e. The predicted molar refractivity (Wildman–Crippen MR) is 247 cm³/mol. The number of nitriles is 1. The van der Waals surface area contributed by atoms with Crippen molar-refractivity contribution < 1.29 is 38.6 Å². The zero-order valence-electron chi connectivity index (χ0n) is 38.5. The van der Waals surface area contributed by atoms with Crippen LogP contribution >= 0.6 is 0 Å². The van der Waals surface area contributed by atoms with Crippen molar-refractivity contribution >= 4 is 29.5 Å². The van der Waals surface area contributed by atoms with E-state index in [1.165, 1.54) is 20.0 Å². The summed E-state index contributed by atoms with van der Waals surface area (Å²) in [5.74, 6) is -2.23. The molecule has 18 heteroatoms. The number of benzene rings is 3. The Balaban J connectivity index is 1.48. The highest BCUT2D eigenvalue weighted by Gasteiger charge is 2.36. The number of ether oxygens (including phenoxy) is 2. The van der Waals surface area contributed by atoms with Crippen LogP contribution in [0.2, 0.25) is 0 Å². The molecule has 0 saturated carbocycles. The molecule has 0 spiro atoms. The van der Waals surface area contributed by atoms with E-state index in [0.717, 1.165) is 11.3 Å². The lowest BCUT2D eigenvalue weighted by atomic mass is 9.93. The van der Waals surface area contributed by atoms with Gasteiger partial charge in [0.15, 0.2) is 5.82 Å². The minimum atomic E-state index is -1.43. The molecule has 4 aromatic rings. The van der Waals surface area contributed by atoms with E-state index in [9.17, 15) is 29.1 Å². The molecular formula is C48H60N10O8. The Bertz CT molecular complexity index is 2440. The van der Waals surface area contributed by atoms with Crippen LogP contribution in [0, 0.1) is 30.6 Å². The minimum Gasteiger partial charge on any atom is -0.507 e. The maximum absolute atomic E-state index is 14.6. The molecule has 4 unspecified atom stereocenters. The zero-order chi connectivity index (χ0) is 48.3. The monoisotopic (exact) mass is 904 g/mol. The van der Waals surface area contributed by atoms with Gasteiger partial charge in [0.25, 0.3) is 5.91 Å². The van der Waals surface area contributed by atoms with Crippen LogP contribution in [-0.4, -0.2) is 108 Å². The lowest BCUT2D eigenvalue weighted by Crippen LogP contribution is -2.56. The first kappa shape index (κ1) is 49.9. The highest BCUT2D eigenvalue weighted by atomic mass is 16.5. The Morgan fingerprint density at radius 3 is 2.27 bits per heavy atom. The number of carbonyl (C=O) groups is 5. The van der Waals surface area contributed by atoms with Crippen LogP contribution in [0.15, 0.2) is 60.7 Å². The van der Waals surface area contributed by atoms with Crippen molar-refractivity contribution in [1.82, 2.24) is 36.1 Å². The standard InChI is InChI=1S/C48H60N10O8/c1-27-40(28(2)54-42(53-27)31-9-12-33(13-10-31)65-22-17-48(4,5)6)45(62)56-36(16-18-49)47(64)58(7)41-32-11-15-39(66-23-20-51)35(26-32)34-24-30(8-14-38(34)59)25-37(44(61)52-21-19-50)57-43(60)29(3)55-46(41)63/h8-15,24,26,29,36-37,41,59H,16-18,20-23,25,49,51H2,1-7H3,(H,52,61)(H,55,63)(H,56,62)(H,57,60). The maximum atomic E-state index is 14.6. The third-order valence-corrected chi connectivity index (χ3v) is 11.0. The molecule has 1 aliphatic heterocycles. The molecule has 18 nitrogen and oxygen atoms in total. The fourth-order valence-corrected chi connectivity index (χ4v) is 7.43. The number of phenols is 1. The third-order valence-electron chi connectivity index (χ3n) is 11.0. The lowest BCUT2D eigenvalue weighted by Gasteiger charge is -2.32. The SMILES string of the molecule is Cc1nc(-c2ccc(OCCC(C)(C)C)cc2)nc(C)c1C(=O)NC(CCN)C(=O)N(C)C1C(=O)NC(C)C(=O)NC(C(=O)NCC#N)Cc2ccc(O)c(c2)-c2cc1ccc2OCCN. The lowest BCUT2D eigenvalue weighted by molar-refractivity contribution is -0.141. The number of rotatable bonds is 15. The van der Waals surface area contributed by atoms with E-state index < -0.39 is 53.7 Å². The predicted octanol–water partition coefficient (Wildman–Crippen LogP) is 3.12. The minimum absolute atomic E-state index is 0.0159. The number of aromatic nitrogens is 2. The highest BCUT2D eigenvalue weighted by Crippen LogP contribution is 2.39. The molecule has 0 saturated heterocycles. The summed E-state index contributed by atoms with van der Waals surface area (Å²) in [4.78, 5) is 80.4. The average molecular weight is 905 g/mol. The van der Waals surface area contributed by atoms with E-state index in [1.807, 2.05) is 30.3 Å². The second kappa shape index (κ2) is 22.2. The van der Waals surface area contributed by atoms with E-state index in [4.69, 9.17) is 26.2 Å². The molecular weight excluding hydrogens is 845 g/mol. The Labute approximate surface area is 384 Å². The number of aromatic hydroxyl groups is 1. The van der Waals surface area contributed by atoms with Crippen molar-refractivity contribution in [2.45, 2.75) is 85.0 Å². The van der Waals surface area contributed by atoms with Crippen molar-refractivity contribution in [1.29, 1.82) is 5.26 Å². The number of nitrogens with zero attached hydrogens (tertiary/aromatic N) is 4. The number of nitrogens with one attached hydrogen (secondary N) is 4. The number of carbonyl (C=O) groups excluding carboxylic acids is 5. The van der Waals surface area contributed by atoms with Gasteiger partial charge >= 0.3 is 0 Å². The number of nitrogens with two attached hydrogens (primary N) is 2. The summed E-state index contributed by atoms with van der Waals surface area (Å²) in [5.41, 5.74) is 14.9. The first-order valence-corrected chi connectivity index (χ1v) is 21.8. The topological polar surface area (TPSA) is 277 Å². The molecule has 0 aliphatic carbocycles. The van der Waals surface area contributed by atoms with Crippen molar-refractivity contribution in [3.8, 4) is 45.8 Å². The molecule has 0 radical (unpaired) electrons. The fourth-order valence-electron chi connectivity index (χ4n) is 7.43. The van der Waals surface area contributed by atoms with Crippen LogP contribution in [0.3, 0.4) is 0 Å². The van der Waals surface area contributed by atoms with Gasteiger partial charge in [0.05, 0.1) is 29.6 Å². The van der Waals surface area contributed by atoms with Gasteiger partial charge in [0, 0.05) is 36.7 Å². The molecule has 350 valence electrons. The van der Waals surface area contributed by atoms with Gasteiger partial charge in [-0.3, -0.25) is 24.0 Å². The number of hydrogen-bond acceptors (Lipinski definition) is 13. The first-order chi connectivity index (χ1) is 31.3. The molecule has 5 amide bonds. The Hall–Kier alpha value is -7.10. The summed E-state index contributed by atoms with van der Waals surface area (Å²) in [6.45, 7) is 11.7. The second-order valence-electron chi connectivity index (χ2n) is 17.3. The van der Waals surface area contributed by atoms with Gasteiger partial charge < -0.3 is 52.2 Å². The molecule has 66 heavy (non-hydrogen) atoms. The molecule has 2 heterocycles. The van der Waals surface area contributed by atoms with Crippen LogP contribution in [0.1, 0.15) is 79.5 Å². The number of fused-ring (bicyclic) bond motifs is 5. The van der Waals surface area contributed by atoms with Crippen LogP contribution < -0.4 is 42.2 Å². The first-order valence-electron chi connectivity index (χ1n) is 21.8. The quantitative estimate of drug-likeness (QED) is 0.0846. The summed E-state index contributed by atoms with van der Waals surface area (Å²) < 4.78 is 11.9. The van der Waals surface area contributed by atoms with E-state index in [1.54, 1.807) is 44.2 Å². The molecule has 5 rings (SSSR count). The Morgan fingerprint density at radius 2 is 1.64 bits per heavy atom. The summed E-state index contributed by atoms with van der Waals surface area (Å²) in [6, 6.07) is 13.5. The molecule has 0 fully saturated rings. The fraction of sp³-hybridized carbons (Fsp3) is 0.417. The van der Waals surface area contributed by atoms with Crippen molar-refractivity contribution in [3.05, 3.63) is 88.7 Å². The van der Waals surface area contributed by atoms with E-state index in [-0.39, 0.29) is 66.9 Å². The second-order valence-corrected chi connectivity index (χ2v) is 17.3. The number of amides is 5. The third kappa shape index (κ3) is 12.6. The van der Waals surface area contributed by atoms with Crippen LogP contribution in [0.4, 0.5) is 0 Å². The van der Waals surface area contributed by atoms with Gasteiger partial charge in [-0.15, -0.1) is 0 Å². The highest BCUT2D eigenvalue weighted by molar-refractivity contribution is 6.00. The number of hydrogen-bond donors (Lipinski definition) is 7. The van der Waals surface area contributed by atoms with Gasteiger partial charge in [0.1, 0.15) is 54.6 Å². The van der Waals surface area contributed by atoms with Gasteiger partial charge in [-0.1, -0.05) is 32.9 Å². The van der Waals surface area contributed by atoms with Gasteiger partial charge in [-0.25, -0.2) is 9.97 Å². The molecule has 4 bridgehead atoms. The number of likely N-dealkylation sites (N-methyl/N-ethyl adjacent to an activating group) is 1. The molecule has 4 atom stereocenters. The van der Waals surface area contributed by atoms with Gasteiger partial charge in [-0.05, 0) is 105 Å². The zero-order valence-corrected chi connectivity index (χ0v) is 38.5. The van der Waals surface area contributed by atoms with E-state index in [0.29, 0.717) is 52.0 Å². The Kier molecular flexibility index (Phi) is 16.8. The van der Waals surface area contributed by atoms with Crippen LogP contribution in [0.5, 0.6) is 17.2 Å². The van der Waals surface area contributed by atoms with Crippen LogP contribution in [0.25, 0.3) is 22.5 Å². The van der Waals surface area contributed by atoms with Gasteiger partial charge in [-0.2, -0.15) is 5.26 Å². The molecule has 1 aliphatic rings. The summed E-state index contributed by atoms with van der Waals surface area (Å²) in [6.07, 6.45) is 0.832. The van der Waals surface area contributed by atoms with E-state index in [2.05, 4.69) is 52.0 Å². The number of aryl methyl sites for hydroxylation is 2. The van der Waals surface area contributed by atoms with Crippen molar-refractivity contribution in [2.75, 3.05) is 39.9 Å². The molecule has 1 aromatic heterocycles. The number of phenolic OH excluding ortho intramolecular Hbond substituents is 1. The van der Waals surface area contributed by atoms with E-state index >= 15 is 0 Å². The summed E-state index contributed by atoms with van der Waals surface area (Å²) in [5, 5.41) is 30.9. The van der Waals surface area contributed by atoms with Crippen LogP contribution in [-0.2, 0) is 25.6 Å². The summed E-state index contributed by atoms with van der Waals surface area (Å²) >= 11 is 0. The normalized spacial score (nSPS) is 16.6. The van der Waals surface area contributed by atoms with Gasteiger partial charge in [0.2, 0.25) is 23.6 Å². The molecule has 9 N–H and O–H groups in total. The molecule has 3 aromatic carbocycles. The van der Waals surface area contributed by atoms with Crippen molar-refractivity contribution in [2.24, 2.45) is 16.9 Å². The Morgan fingerprint density at radius 1 is 0.939 bits per heavy atom.